The van der Waals surface area contributed by atoms with Gasteiger partial charge in [0.15, 0.2) is 0 Å². The number of aryl methyl sites for hydroxylation is 1. The Labute approximate surface area is 396 Å². The van der Waals surface area contributed by atoms with E-state index in [1.165, 1.54) is 176 Å². The van der Waals surface area contributed by atoms with Crippen LogP contribution in [0.1, 0.15) is 145 Å². The fraction of sp³-hybridized carbons (Fsp3) is 0.538. The summed E-state index contributed by atoms with van der Waals surface area (Å²) in [6.07, 6.45) is 23.9. The fourth-order valence-electron chi connectivity index (χ4n) is 8.82. The minimum absolute atomic E-state index is 0.782. The van der Waals surface area contributed by atoms with Gasteiger partial charge in [0.2, 0.25) is 0 Å². The van der Waals surface area contributed by atoms with Gasteiger partial charge in [-0.2, -0.15) is 0 Å². The van der Waals surface area contributed by atoms with Crippen molar-refractivity contribution in [1.82, 2.24) is 9.97 Å². The Kier molecular flexibility index (Phi) is 17.7. The number of thiazole rings is 2. The van der Waals surface area contributed by atoms with E-state index in [2.05, 4.69) is 98.0 Å². The van der Waals surface area contributed by atoms with Crippen LogP contribution in [0, 0.1) is 18.8 Å². The van der Waals surface area contributed by atoms with Crippen molar-refractivity contribution in [2.45, 2.75) is 165 Å². The average molecular weight is 1030 g/mol. The van der Waals surface area contributed by atoms with Crippen molar-refractivity contribution in [2.24, 2.45) is 11.8 Å². The molecular formula is C52H70N2S6Sn. The van der Waals surface area contributed by atoms with E-state index in [9.17, 15) is 0 Å². The molecule has 0 spiro atoms. The molecule has 0 N–H and O–H groups in total. The summed E-state index contributed by atoms with van der Waals surface area (Å²) in [4.78, 5) is 28.7. The number of benzene rings is 1. The van der Waals surface area contributed by atoms with E-state index < -0.39 is 18.4 Å². The van der Waals surface area contributed by atoms with Gasteiger partial charge in [-0.05, 0) is 0 Å². The van der Waals surface area contributed by atoms with Crippen LogP contribution in [0.4, 0.5) is 0 Å². The van der Waals surface area contributed by atoms with E-state index in [0.717, 1.165) is 27.4 Å². The van der Waals surface area contributed by atoms with Gasteiger partial charge in [0.05, 0.1) is 0 Å². The summed E-state index contributed by atoms with van der Waals surface area (Å²) >= 11 is 9.42. The number of fused-ring (bicyclic) bond motifs is 2. The van der Waals surface area contributed by atoms with Gasteiger partial charge in [0, 0.05) is 0 Å². The molecule has 0 bridgehead atoms. The number of rotatable bonds is 25. The first-order valence-corrected chi connectivity index (χ1v) is 38.6. The van der Waals surface area contributed by atoms with E-state index in [4.69, 9.17) is 9.97 Å². The molecule has 0 aliphatic carbocycles. The summed E-state index contributed by atoms with van der Waals surface area (Å²) < 4.78 is 4.22. The van der Waals surface area contributed by atoms with Gasteiger partial charge in [-0.3, -0.25) is 0 Å². The van der Waals surface area contributed by atoms with Crippen LogP contribution in [-0.4, -0.2) is 28.3 Å². The van der Waals surface area contributed by atoms with Crippen molar-refractivity contribution < 1.29 is 0 Å². The molecular weight excluding hydrogens is 964 g/mol. The van der Waals surface area contributed by atoms with E-state index in [0.29, 0.717) is 0 Å². The number of hydrogen-bond acceptors (Lipinski definition) is 8. The molecule has 6 aromatic heterocycles. The van der Waals surface area contributed by atoms with Gasteiger partial charge in [-0.15, -0.1) is 0 Å². The molecule has 6 heterocycles. The molecule has 0 fully saturated rings. The molecule has 2 nitrogen and oxygen atoms in total. The molecule has 328 valence electrons. The first-order valence-electron chi connectivity index (χ1n) is 23.7. The molecule has 0 aliphatic heterocycles. The molecule has 0 saturated carbocycles. The third kappa shape index (κ3) is 12.1. The van der Waals surface area contributed by atoms with Gasteiger partial charge < -0.3 is 0 Å². The molecule has 7 aromatic rings. The molecule has 2 atom stereocenters. The monoisotopic (exact) mass is 1030 g/mol. The van der Waals surface area contributed by atoms with Crippen LogP contribution in [0.25, 0.3) is 61.1 Å². The Morgan fingerprint density at radius 3 is 1.33 bits per heavy atom. The van der Waals surface area contributed by atoms with E-state index in [-0.39, 0.29) is 0 Å². The maximum absolute atomic E-state index is 5.70. The van der Waals surface area contributed by atoms with Gasteiger partial charge in [-0.1, -0.05) is 130 Å². The van der Waals surface area contributed by atoms with Crippen molar-refractivity contribution in [3.05, 3.63) is 63.2 Å². The Morgan fingerprint density at radius 1 is 0.459 bits per heavy atom. The maximum atomic E-state index is 5.70. The predicted molar refractivity (Wildman–Crippen MR) is 285 cm³/mol. The van der Waals surface area contributed by atoms with Gasteiger partial charge in [0.25, 0.3) is 0 Å². The Balaban J connectivity index is 1.31. The van der Waals surface area contributed by atoms with Crippen molar-refractivity contribution in [3.63, 3.8) is 0 Å². The Bertz CT molecular complexity index is 2310. The number of unbranched alkanes of at least 4 members (excludes halogenated alkanes) is 8. The summed E-state index contributed by atoms with van der Waals surface area (Å²) in [5.41, 5.74) is 4.93. The first-order chi connectivity index (χ1) is 29.6. The van der Waals surface area contributed by atoms with Crippen LogP contribution in [0.15, 0.2) is 48.5 Å². The zero-order chi connectivity index (χ0) is 42.9. The topological polar surface area (TPSA) is 25.8 Å². The number of thiophene rings is 4. The van der Waals surface area contributed by atoms with Crippen molar-refractivity contribution >= 4 is 110 Å². The molecule has 1 aromatic carbocycles. The molecule has 9 heteroatoms. The second-order valence-corrected chi connectivity index (χ2v) is 40.7. The standard InChI is InChI=1S/C49H61N2S6.3CH3.Sn/c1-6-10-14-16-21-34(19-12-8-3)31-36-25-28-40(54-36)48-50-44-42(38-23-18-30-52-38)46-45(43(47(44)57-48)39-27-24-33(5)53-39)51-49(56-46)41-29-26-37(55-41)32-35(20-13-9-4)22-17-15-11-7-2;;;;/h18,23-29,34-35H,6-17,19-22,31-32H2,1-5H3;3*1H3;. The number of hydrogen-bond donors (Lipinski definition) is 0. The zero-order valence-corrected chi connectivity index (χ0v) is 46.1. The molecule has 0 radical (unpaired) electrons. The van der Waals surface area contributed by atoms with Gasteiger partial charge in [0.1, 0.15) is 0 Å². The van der Waals surface area contributed by atoms with Crippen molar-refractivity contribution in [2.75, 3.05) is 0 Å². The fourth-order valence-corrected chi connectivity index (χ4v) is 20.8. The quantitative estimate of drug-likeness (QED) is 0.0421. The van der Waals surface area contributed by atoms with Gasteiger partial charge >= 0.3 is 270 Å². The first kappa shape index (κ1) is 47.6. The predicted octanol–water partition coefficient (Wildman–Crippen LogP) is 19.3. The molecule has 7 rings (SSSR count). The summed E-state index contributed by atoms with van der Waals surface area (Å²) in [5, 5.41) is 2.32. The summed E-state index contributed by atoms with van der Waals surface area (Å²) in [6.45, 7) is 11.6. The van der Waals surface area contributed by atoms with E-state index in [1.807, 2.05) is 68.0 Å². The Morgan fingerprint density at radius 2 is 0.902 bits per heavy atom. The second-order valence-electron chi connectivity index (χ2n) is 18.6. The Hall–Kier alpha value is -1.40. The third-order valence-electron chi connectivity index (χ3n) is 12.3. The van der Waals surface area contributed by atoms with Crippen LogP contribution >= 0.6 is 68.0 Å². The molecule has 0 amide bonds. The van der Waals surface area contributed by atoms with Crippen LogP contribution < -0.4 is 2.89 Å². The SMILES string of the molecule is CCCCCCC(CCCC)Cc1ccc(-c2nc3c(-c4cc[c]([Sn]([CH3])([CH3])[CH3])s4)c4sc(-c5ccc(CC(CCCC)CCCCCC)s5)nc4c(-c4ccc(C)s4)c3s2)s1. The molecule has 61 heavy (non-hydrogen) atoms. The van der Waals surface area contributed by atoms with Crippen LogP contribution in [0.2, 0.25) is 14.8 Å². The zero-order valence-electron chi connectivity index (χ0n) is 38.3. The molecule has 2 unspecified atom stereocenters. The van der Waals surface area contributed by atoms with Crippen LogP contribution in [0.5, 0.6) is 0 Å². The molecule has 0 saturated heterocycles. The third-order valence-corrected chi connectivity index (χ3v) is 28.7. The van der Waals surface area contributed by atoms with Crippen molar-refractivity contribution in [1.29, 1.82) is 0 Å². The van der Waals surface area contributed by atoms with E-state index in [1.54, 1.807) is 2.89 Å². The van der Waals surface area contributed by atoms with Crippen LogP contribution in [0.3, 0.4) is 0 Å². The summed E-state index contributed by atoms with van der Waals surface area (Å²) in [7, 11) is 0. The number of nitrogens with zero attached hydrogens (tertiary/aromatic N) is 2. The second kappa shape index (κ2) is 22.7. The number of aromatic nitrogens is 2. The van der Waals surface area contributed by atoms with Crippen LogP contribution in [-0.2, 0) is 12.8 Å². The molecule has 0 aliphatic rings. The normalized spacial score (nSPS) is 13.3. The average Bonchev–Trinajstić information content (AvgIpc) is 4.10. The van der Waals surface area contributed by atoms with Gasteiger partial charge in [-0.25, -0.2) is 0 Å². The minimum atomic E-state index is -2.32. The van der Waals surface area contributed by atoms with Crippen molar-refractivity contribution in [3.8, 4) is 40.7 Å². The summed E-state index contributed by atoms with van der Waals surface area (Å²) in [6, 6.07) is 19.1. The van der Waals surface area contributed by atoms with E-state index >= 15 is 0 Å². The summed E-state index contributed by atoms with van der Waals surface area (Å²) in [5.74, 6) is 1.56.